The van der Waals surface area contributed by atoms with E-state index >= 15 is 0 Å². The Balaban J connectivity index is 4.24. The molecule has 0 heterocycles. The van der Waals surface area contributed by atoms with Crippen LogP contribution >= 0.6 is 0 Å². The Morgan fingerprint density at radius 2 is 0.767 bits per heavy atom. The molecule has 348 valence electrons. The first-order valence-corrected chi connectivity index (χ1v) is 25.8. The van der Waals surface area contributed by atoms with Crippen LogP contribution in [-0.4, -0.2) is 37.9 Å². The standard InChI is InChI=1S/C55H98O5/c1-4-7-10-13-16-19-22-24-26-27-28-29-30-31-34-36-39-42-45-48-54(56)59-52-53(60-55(57)49-46-43-40-37-33-21-18-15-12-9-6-3)51-58-50-47-44-41-38-35-32-25-23-20-17-14-11-8-5-2/h8,11,15,17-18,20,25,32,38,41,53H,4-7,9-10,12-14,16,19,21-24,26-31,33-37,39-40,42-52H2,1-3H3/b11-8-,18-15-,20-17-,32-25-,41-38-. The highest BCUT2D eigenvalue weighted by molar-refractivity contribution is 5.70. The maximum atomic E-state index is 12.7. The van der Waals surface area contributed by atoms with Gasteiger partial charge in [0.15, 0.2) is 6.10 Å². The third kappa shape index (κ3) is 48.3. The Kier molecular flexibility index (Phi) is 48.9. The fourth-order valence-corrected chi connectivity index (χ4v) is 7.20. The van der Waals surface area contributed by atoms with Crippen LogP contribution in [0.5, 0.6) is 0 Å². The molecule has 0 amide bonds. The quantitative estimate of drug-likeness (QED) is 0.0347. The van der Waals surface area contributed by atoms with Gasteiger partial charge in [0.05, 0.1) is 6.61 Å². The van der Waals surface area contributed by atoms with E-state index in [0.717, 1.165) is 77.0 Å². The van der Waals surface area contributed by atoms with E-state index in [-0.39, 0.29) is 25.2 Å². The van der Waals surface area contributed by atoms with Gasteiger partial charge in [-0.05, 0) is 70.6 Å². The van der Waals surface area contributed by atoms with Crippen molar-refractivity contribution in [1.82, 2.24) is 0 Å². The minimum absolute atomic E-state index is 0.0618. The molecule has 1 unspecified atom stereocenters. The van der Waals surface area contributed by atoms with Crippen molar-refractivity contribution in [2.75, 3.05) is 19.8 Å². The molecular formula is C55H98O5. The van der Waals surface area contributed by atoms with Gasteiger partial charge in [0, 0.05) is 19.4 Å². The van der Waals surface area contributed by atoms with Gasteiger partial charge in [0.2, 0.25) is 0 Å². The number of hydrogen-bond donors (Lipinski definition) is 0. The number of rotatable bonds is 47. The fraction of sp³-hybridized carbons (Fsp3) is 0.782. The van der Waals surface area contributed by atoms with Crippen LogP contribution in [-0.2, 0) is 23.8 Å². The van der Waals surface area contributed by atoms with E-state index in [2.05, 4.69) is 81.5 Å². The van der Waals surface area contributed by atoms with E-state index in [9.17, 15) is 9.59 Å². The lowest BCUT2D eigenvalue weighted by atomic mass is 10.0. The maximum Gasteiger partial charge on any atom is 0.306 e. The summed E-state index contributed by atoms with van der Waals surface area (Å²) in [4.78, 5) is 25.3. The molecule has 0 rings (SSSR count). The smallest absolute Gasteiger partial charge is 0.306 e. The predicted molar refractivity (Wildman–Crippen MR) is 261 cm³/mol. The zero-order valence-electron chi connectivity index (χ0n) is 40.0. The van der Waals surface area contributed by atoms with Crippen LogP contribution in [0.3, 0.4) is 0 Å². The summed E-state index contributed by atoms with van der Waals surface area (Å²) in [5.74, 6) is -0.431. The average Bonchev–Trinajstić information content (AvgIpc) is 3.25. The topological polar surface area (TPSA) is 61.8 Å². The van der Waals surface area contributed by atoms with Crippen molar-refractivity contribution in [3.05, 3.63) is 60.8 Å². The first-order valence-electron chi connectivity index (χ1n) is 25.8. The number of carbonyl (C=O) groups excluding carboxylic acids is 2. The Morgan fingerprint density at radius 1 is 0.383 bits per heavy atom. The normalized spacial score (nSPS) is 12.7. The van der Waals surface area contributed by atoms with E-state index in [1.165, 1.54) is 141 Å². The minimum atomic E-state index is -0.566. The minimum Gasteiger partial charge on any atom is -0.462 e. The Labute approximate surface area is 373 Å². The zero-order chi connectivity index (χ0) is 43.5. The van der Waals surface area contributed by atoms with E-state index in [0.29, 0.717) is 19.4 Å². The highest BCUT2D eigenvalue weighted by Gasteiger charge is 2.17. The second-order valence-corrected chi connectivity index (χ2v) is 17.0. The molecule has 1 atom stereocenters. The van der Waals surface area contributed by atoms with Crippen LogP contribution in [0.1, 0.15) is 252 Å². The second kappa shape index (κ2) is 51.0. The summed E-state index contributed by atoms with van der Waals surface area (Å²) in [6.07, 6.45) is 63.9. The van der Waals surface area contributed by atoms with Crippen LogP contribution in [0.15, 0.2) is 60.8 Å². The summed E-state index contributed by atoms with van der Waals surface area (Å²) in [6, 6.07) is 0. The summed E-state index contributed by atoms with van der Waals surface area (Å²) in [7, 11) is 0. The van der Waals surface area contributed by atoms with Gasteiger partial charge in [-0.25, -0.2) is 0 Å². The molecule has 0 spiro atoms. The average molecular weight is 839 g/mol. The van der Waals surface area contributed by atoms with Gasteiger partial charge in [0.25, 0.3) is 0 Å². The van der Waals surface area contributed by atoms with E-state index in [1.807, 2.05) is 0 Å². The molecule has 0 fully saturated rings. The summed E-state index contributed by atoms with van der Waals surface area (Å²) < 4.78 is 17.3. The second-order valence-electron chi connectivity index (χ2n) is 17.0. The number of unbranched alkanes of at least 4 members (excludes halogenated alkanes) is 26. The molecule has 60 heavy (non-hydrogen) atoms. The van der Waals surface area contributed by atoms with Gasteiger partial charge in [-0.15, -0.1) is 0 Å². The third-order valence-corrected chi connectivity index (χ3v) is 11.0. The molecule has 0 bridgehead atoms. The van der Waals surface area contributed by atoms with Gasteiger partial charge in [-0.2, -0.15) is 0 Å². The summed E-state index contributed by atoms with van der Waals surface area (Å²) in [6.45, 7) is 7.56. The maximum absolute atomic E-state index is 12.7. The molecule has 0 aliphatic rings. The molecule has 0 aliphatic carbocycles. The molecule has 0 aromatic heterocycles. The Bertz CT molecular complexity index is 1040. The summed E-state index contributed by atoms with van der Waals surface area (Å²) in [5.41, 5.74) is 0. The molecule has 5 heteroatoms. The van der Waals surface area contributed by atoms with Crippen LogP contribution in [0.4, 0.5) is 0 Å². The van der Waals surface area contributed by atoms with Crippen molar-refractivity contribution in [1.29, 1.82) is 0 Å². The molecule has 0 aromatic carbocycles. The number of esters is 2. The van der Waals surface area contributed by atoms with E-state index in [1.54, 1.807) is 0 Å². The SMILES string of the molecule is CC/C=C\C/C=C\C/C=C\C/C=C\CCCOCC(COC(=O)CCCCCCCCCCCCCCCCCCCCC)OC(=O)CCCCCCC/C=C\CCCC. The Hall–Kier alpha value is -2.40. The van der Waals surface area contributed by atoms with Crippen LogP contribution in [0.25, 0.3) is 0 Å². The van der Waals surface area contributed by atoms with Crippen LogP contribution in [0.2, 0.25) is 0 Å². The number of carbonyl (C=O) groups is 2. The monoisotopic (exact) mass is 839 g/mol. The van der Waals surface area contributed by atoms with Crippen molar-refractivity contribution in [3.8, 4) is 0 Å². The van der Waals surface area contributed by atoms with Crippen LogP contribution in [0, 0.1) is 0 Å². The number of ether oxygens (including phenoxy) is 3. The lowest BCUT2D eigenvalue weighted by molar-refractivity contribution is -0.163. The molecule has 0 saturated heterocycles. The van der Waals surface area contributed by atoms with Crippen LogP contribution < -0.4 is 0 Å². The lowest BCUT2D eigenvalue weighted by Crippen LogP contribution is -2.30. The first-order chi connectivity index (χ1) is 29.6. The molecule has 0 aliphatic heterocycles. The van der Waals surface area contributed by atoms with Crippen molar-refractivity contribution in [3.63, 3.8) is 0 Å². The lowest BCUT2D eigenvalue weighted by Gasteiger charge is -2.18. The molecular weight excluding hydrogens is 741 g/mol. The predicted octanol–water partition coefficient (Wildman–Crippen LogP) is 17.3. The number of allylic oxidation sites excluding steroid dienone is 10. The van der Waals surface area contributed by atoms with Crippen molar-refractivity contribution in [2.45, 2.75) is 258 Å². The van der Waals surface area contributed by atoms with E-state index < -0.39 is 6.10 Å². The summed E-state index contributed by atoms with van der Waals surface area (Å²) >= 11 is 0. The van der Waals surface area contributed by atoms with Crippen molar-refractivity contribution >= 4 is 11.9 Å². The highest BCUT2D eigenvalue weighted by Crippen LogP contribution is 2.16. The van der Waals surface area contributed by atoms with Gasteiger partial charge < -0.3 is 14.2 Å². The molecule has 0 aromatic rings. The summed E-state index contributed by atoms with van der Waals surface area (Å²) in [5, 5.41) is 0. The molecule has 0 saturated carbocycles. The molecule has 0 radical (unpaired) electrons. The molecule has 5 nitrogen and oxygen atoms in total. The fourth-order valence-electron chi connectivity index (χ4n) is 7.20. The highest BCUT2D eigenvalue weighted by atomic mass is 16.6. The third-order valence-electron chi connectivity index (χ3n) is 11.0. The molecule has 0 N–H and O–H groups in total. The first kappa shape index (κ1) is 57.6. The number of hydrogen-bond acceptors (Lipinski definition) is 5. The van der Waals surface area contributed by atoms with Gasteiger partial charge in [0.1, 0.15) is 6.61 Å². The zero-order valence-corrected chi connectivity index (χ0v) is 40.0. The van der Waals surface area contributed by atoms with Gasteiger partial charge >= 0.3 is 11.9 Å². The largest absolute Gasteiger partial charge is 0.462 e. The van der Waals surface area contributed by atoms with E-state index in [4.69, 9.17) is 14.2 Å². The van der Waals surface area contributed by atoms with Crippen molar-refractivity contribution in [2.24, 2.45) is 0 Å². The van der Waals surface area contributed by atoms with Gasteiger partial charge in [-0.1, -0.05) is 229 Å². The van der Waals surface area contributed by atoms with Crippen molar-refractivity contribution < 1.29 is 23.8 Å². The van der Waals surface area contributed by atoms with Gasteiger partial charge in [-0.3, -0.25) is 9.59 Å². The Morgan fingerprint density at radius 3 is 1.27 bits per heavy atom.